The number of carbonyl (C=O) groups is 4. The first kappa shape index (κ1) is 72.4. The molecular formula is C60H120O8. The predicted octanol–water partition coefficient (Wildman–Crippen LogP) is 20.6. The molecule has 0 aromatic carbocycles. The van der Waals surface area contributed by atoms with Crippen molar-refractivity contribution < 1.29 is 39.6 Å². The third-order valence-corrected chi connectivity index (χ3v) is 13.0. The summed E-state index contributed by atoms with van der Waals surface area (Å²) in [5, 5.41) is 33.9. The number of aliphatic carboxylic acids is 4. The van der Waals surface area contributed by atoms with Crippen molar-refractivity contribution in [3.05, 3.63) is 0 Å². The summed E-state index contributed by atoms with van der Waals surface area (Å²) in [4.78, 5) is 41.1. The Morgan fingerprint density at radius 2 is 0.265 bits per heavy atom. The molecule has 0 aromatic heterocycles. The van der Waals surface area contributed by atoms with Crippen LogP contribution in [0.25, 0.3) is 0 Å². The Kier molecular flexibility index (Phi) is 73.6. The summed E-state index contributed by atoms with van der Waals surface area (Å²) in [5.41, 5.74) is 0. The number of hydrogen-bond donors (Lipinski definition) is 4. The average molecular weight is 970 g/mol. The third kappa shape index (κ3) is 87.0. The first-order valence-corrected chi connectivity index (χ1v) is 30.0. The molecule has 8 heteroatoms. The fraction of sp³-hybridized carbons (Fsp3) is 0.933. The van der Waals surface area contributed by atoms with E-state index in [1.807, 2.05) is 0 Å². The highest BCUT2D eigenvalue weighted by atomic mass is 16.4. The summed E-state index contributed by atoms with van der Waals surface area (Å²) >= 11 is 0. The van der Waals surface area contributed by atoms with Gasteiger partial charge in [-0.25, -0.2) is 0 Å². The van der Waals surface area contributed by atoms with E-state index in [-0.39, 0.29) is 0 Å². The van der Waals surface area contributed by atoms with Crippen molar-refractivity contribution in [2.75, 3.05) is 0 Å². The summed E-state index contributed by atoms with van der Waals surface area (Å²) in [6.07, 6.45) is 63.3. The molecule has 8 nitrogen and oxygen atoms in total. The van der Waals surface area contributed by atoms with E-state index in [0.717, 1.165) is 51.4 Å². The van der Waals surface area contributed by atoms with Gasteiger partial charge in [0.05, 0.1) is 0 Å². The molecule has 68 heavy (non-hydrogen) atoms. The summed E-state index contributed by atoms with van der Waals surface area (Å²) in [6, 6.07) is 0. The second-order valence-electron chi connectivity index (χ2n) is 20.1. The summed E-state index contributed by atoms with van der Waals surface area (Å²) in [6.45, 7) is 9.01. The van der Waals surface area contributed by atoms with E-state index >= 15 is 0 Å². The van der Waals surface area contributed by atoms with Crippen LogP contribution < -0.4 is 0 Å². The molecule has 0 aliphatic carbocycles. The lowest BCUT2D eigenvalue weighted by atomic mass is 10.0. The number of carboxylic acids is 4. The van der Waals surface area contributed by atoms with Gasteiger partial charge in [0.25, 0.3) is 0 Å². The Bertz CT molecular complexity index is 969. The van der Waals surface area contributed by atoms with Gasteiger partial charge in [0.15, 0.2) is 0 Å². The Morgan fingerprint density at radius 1 is 0.176 bits per heavy atom. The molecule has 0 aromatic rings. The molecule has 0 amide bonds. The summed E-state index contributed by atoms with van der Waals surface area (Å²) < 4.78 is 0. The Morgan fingerprint density at radius 3 is 0.353 bits per heavy atom. The van der Waals surface area contributed by atoms with Crippen molar-refractivity contribution >= 4 is 23.9 Å². The maximum Gasteiger partial charge on any atom is 0.303 e. The second kappa shape index (κ2) is 69.1. The molecular weight excluding hydrogens is 849 g/mol. The molecule has 0 heterocycles. The predicted molar refractivity (Wildman–Crippen MR) is 293 cm³/mol. The fourth-order valence-electron chi connectivity index (χ4n) is 8.47. The first-order valence-electron chi connectivity index (χ1n) is 30.0. The zero-order valence-electron chi connectivity index (χ0n) is 46.2. The molecule has 0 bridgehead atoms. The van der Waals surface area contributed by atoms with Crippen molar-refractivity contribution in [1.29, 1.82) is 0 Å². The molecule has 0 aliphatic heterocycles. The van der Waals surface area contributed by atoms with Gasteiger partial charge >= 0.3 is 23.9 Å². The smallest absolute Gasteiger partial charge is 0.303 e. The zero-order valence-corrected chi connectivity index (χ0v) is 46.2. The highest BCUT2D eigenvalue weighted by Crippen LogP contribution is 2.16. The lowest BCUT2D eigenvalue weighted by Crippen LogP contribution is -1.93. The first-order chi connectivity index (χ1) is 33.1. The average Bonchev–Trinajstić information content (AvgIpc) is 3.30. The van der Waals surface area contributed by atoms with E-state index in [0.29, 0.717) is 25.7 Å². The Balaban J connectivity index is -0.000000405. The minimum atomic E-state index is -0.659. The summed E-state index contributed by atoms with van der Waals surface area (Å²) in [7, 11) is 0. The zero-order chi connectivity index (χ0) is 51.1. The third-order valence-electron chi connectivity index (χ3n) is 13.0. The van der Waals surface area contributed by atoms with Gasteiger partial charge in [-0.15, -0.1) is 0 Å². The molecule has 0 fully saturated rings. The number of rotatable bonds is 52. The van der Waals surface area contributed by atoms with E-state index in [2.05, 4.69) is 27.7 Å². The van der Waals surface area contributed by atoms with E-state index in [1.165, 1.54) is 257 Å². The largest absolute Gasteiger partial charge is 0.481 e. The molecule has 0 unspecified atom stereocenters. The maximum atomic E-state index is 10.3. The standard InChI is InChI=1S/C18H36O2.C16H32O2.C14H28O2.C12H24O2/c1-2-3-4-5-6-7-8-9-10-11-12-13-14-15-16-17-18(19)20;1-2-3-4-5-6-7-8-9-10-11-12-13-14-15-16(17)18;1-2-3-4-5-6-7-8-9-10-11-12-13-14(15)16;1-2-3-4-5-6-7-8-9-10-11-12(13)14/h2-17H2,1H3,(H,19,20);2-15H2,1H3,(H,17,18);2-13H2,1H3,(H,15,16);2-11H2,1H3,(H,13,14). The van der Waals surface area contributed by atoms with Crippen LogP contribution in [0.4, 0.5) is 0 Å². The van der Waals surface area contributed by atoms with Crippen molar-refractivity contribution in [2.24, 2.45) is 0 Å². The minimum absolute atomic E-state index is 0.343. The van der Waals surface area contributed by atoms with Crippen LogP contribution in [0.3, 0.4) is 0 Å². The van der Waals surface area contributed by atoms with Crippen LogP contribution in [0, 0.1) is 0 Å². The molecule has 0 aliphatic rings. The summed E-state index contributed by atoms with van der Waals surface area (Å²) in [5.74, 6) is -2.62. The maximum absolute atomic E-state index is 10.3. The van der Waals surface area contributed by atoms with Crippen LogP contribution >= 0.6 is 0 Å². The number of carboxylic acid groups (broad SMARTS) is 4. The highest BCUT2D eigenvalue weighted by Gasteiger charge is 2.00. The van der Waals surface area contributed by atoms with Crippen LogP contribution in [0.1, 0.15) is 362 Å². The Labute approximate surface area is 423 Å². The molecule has 0 spiro atoms. The molecule has 4 N–H and O–H groups in total. The molecule has 408 valence electrons. The number of hydrogen-bond acceptors (Lipinski definition) is 4. The fourth-order valence-corrected chi connectivity index (χ4v) is 8.47. The van der Waals surface area contributed by atoms with Gasteiger partial charge in [0.2, 0.25) is 0 Å². The molecule has 0 atom stereocenters. The van der Waals surface area contributed by atoms with Gasteiger partial charge in [-0.05, 0) is 25.7 Å². The lowest BCUT2D eigenvalue weighted by molar-refractivity contribution is -0.138. The van der Waals surface area contributed by atoms with E-state index in [4.69, 9.17) is 20.4 Å². The van der Waals surface area contributed by atoms with Crippen LogP contribution in [0.15, 0.2) is 0 Å². The van der Waals surface area contributed by atoms with Crippen LogP contribution in [-0.2, 0) is 19.2 Å². The van der Waals surface area contributed by atoms with Gasteiger partial charge < -0.3 is 20.4 Å². The topological polar surface area (TPSA) is 149 Å². The van der Waals surface area contributed by atoms with Gasteiger partial charge in [-0.1, -0.05) is 310 Å². The van der Waals surface area contributed by atoms with E-state index in [1.54, 1.807) is 0 Å². The van der Waals surface area contributed by atoms with Gasteiger partial charge in [0.1, 0.15) is 0 Å². The van der Waals surface area contributed by atoms with Crippen LogP contribution in [-0.4, -0.2) is 44.3 Å². The molecule has 0 saturated carbocycles. The van der Waals surface area contributed by atoms with Crippen molar-refractivity contribution in [3.8, 4) is 0 Å². The van der Waals surface area contributed by atoms with Crippen LogP contribution in [0.2, 0.25) is 0 Å². The molecule has 0 rings (SSSR count). The van der Waals surface area contributed by atoms with Crippen molar-refractivity contribution in [3.63, 3.8) is 0 Å². The van der Waals surface area contributed by atoms with E-state index in [9.17, 15) is 19.2 Å². The molecule has 0 saturated heterocycles. The van der Waals surface area contributed by atoms with Crippen molar-refractivity contribution in [1.82, 2.24) is 0 Å². The van der Waals surface area contributed by atoms with E-state index < -0.39 is 23.9 Å². The normalized spacial score (nSPS) is 10.6. The SMILES string of the molecule is CCCCCCCCCCCC(=O)O.CCCCCCCCCCCCCC(=O)O.CCCCCCCCCCCCCCCC(=O)O.CCCCCCCCCCCCCCCCCC(=O)O. The number of unbranched alkanes of at least 4 members (excludes halogenated alkanes) is 44. The van der Waals surface area contributed by atoms with Crippen LogP contribution in [0.5, 0.6) is 0 Å². The Hall–Kier alpha value is -2.12. The molecule has 0 radical (unpaired) electrons. The monoisotopic (exact) mass is 969 g/mol. The quantitative estimate of drug-likeness (QED) is 0.0440. The van der Waals surface area contributed by atoms with Crippen molar-refractivity contribution in [2.45, 2.75) is 362 Å². The lowest BCUT2D eigenvalue weighted by Gasteiger charge is -2.03. The highest BCUT2D eigenvalue weighted by molar-refractivity contribution is 5.67. The van der Waals surface area contributed by atoms with Gasteiger partial charge in [0, 0.05) is 25.7 Å². The van der Waals surface area contributed by atoms with Gasteiger partial charge in [-0.2, -0.15) is 0 Å². The van der Waals surface area contributed by atoms with Gasteiger partial charge in [-0.3, -0.25) is 19.2 Å². The minimum Gasteiger partial charge on any atom is -0.481 e. The second-order valence-corrected chi connectivity index (χ2v) is 20.1.